The van der Waals surface area contributed by atoms with Gasteiger partial charge in [-0.05, 0) is 45.4 Å². The van der Waals surface area contributed by atoms with Crippen LogP contribution in [0.4, 0.5) is 0 Å². The molecule has 0 fully saturated rings. The summed E-state index contributed by atoms with van der Waals surface area (Å²) < 4.78 is 11.1. The van der Waals surface area contributed by atoms with E-state index in [1.54, 1.807) is 12.1 Å². The second-order valence-electron chi connectivity index (χ2n) is 7.53. The third-order valence-corrected chi connectivity index (χ3v) is 3.93. The summed E-state index contributed by atoms with van der Waals surface area (Å²) in [6.07, 6.45) is 0.833. The molecule has 0 saturated carbocycles. The fourth-order valence-corrected chi connectivity index (χ4v) is 2.71. The van der Waals surface area contributed by atoms with Crippen molar-refractivity contribution in [3.05, 3.63) is 34.1 Å². The Morgan fingerprint density at radius 2 is 2.04 bits per heavy atom. The van der Waals surface area contributed by atoms with Crippen LogP contribution in [-0.4, -0.2) is 41.4 Å². The average Bonchev–Trinajstić information content (AvgIpc) is 2.57. The number of ether oxygens (including phenoxy) is 2. The molecule has 3 N–H and O–H groups in total. The molecule has 0 spiro atoms. The van der Waals surface area contributed by atoms with Gasteiger partial charge in [-0.25, -0.2) is 0 Å². The first-order valence-electron chi connectivity index (χ1n) is 9.03. The molecule has 7 heteroatoms. The van der Waals surface area contributed by atoms with Crippen molar-refractivity contribution < 1.29 is 19.4 Å². The number of H-pyrrole nitrogens is 1. The minimum atomic E-state index is -0.612. The quantitative estimate of drug-likeness (QED) is 0.690. The number of carbonyl (C=O) groups is 1. The van der Waals surface area contributed by atoms with Crippen LogP contribution in [0.3, 0.4) is 0 Å². The number of pyridine rings is 1. The Morgan fingerprint density at radius 1 is 1.33 bits per heavy atom. The van der Waals surface area contributed by atoms with Crippen LogP contribution in [0.5, 0.6) is 11.5 Å². The summed E-state index contributed by atoms with van der Waals surface area (Å²) in [7, 11) is 1.50. The Hall–Kier alpha value is -2.54. The number of aliphatic hydroxyl groups is 1. The van der Waals surface area contributed by atoms with E-state index < -0.39 is 23.1 Å². The number of amides is 1. The normalized spacial score (nSPS) is 12.7. The van der Waals surface area contributed by atoms with Gasteiger partial charge in [0.25, 0.3) is 11.5 Å². The third kappa shape index (κ3) is 5.23. The van der Waals surface area contributed by atoms with Crippen molar-refractivity contribution in [3.8, 4) is 11.5 Å². The third-order valence-electron chi connectivity index (χ3n) is 3.93. The summed E-state index contributed by atoms with van der Waals surface area (Å²) in [5.74, 6) is 0.334. The largest absolute Gasteiger partial charge is 0.493 e. The van der Waals surface area contributed by atoms with Gasteiger partial charge in [0.15, 0.2) is 11.5 Å². The molecular weight excluding hydrogens is 348 g/mol. The monoisotopic (exact) mass is 376 g/mol. The molecule has 0 saturated heterocycles. The minimum absolute atomic E-state index is 0.0274. The first-order chi connectivity index (χ1) is 12.7. The second-order valence-corrected chi connectivity index (χ2v) is 7.53. The number of aromatic nitrogens is 1. The van der Waals surface area contributed by atoms with Crippen LogP contribution < -0.4 is 20.3 Å². The number of hydrogen-bond acceptors (Lipinski definition) is 5. The van der Waals surface area contributed by atoms with Crippen molar-refractivity contribution >= 4 is 16.8 Å². The van der Waals surface area contributed by atoms with E-state index in [2.05, 4.69) is 10.3 Å². The molecule has 0 aliphatic heterocycles. The Labute approximate surface area is 158 Å². The summed E-state index contributed by atoms with van der Waals surface area (Å²) in [5, 5.41) is 13.4. The van der Waals surface area contributed by atoms with Crippen molar-refractivity contribution in [2.24, 2.45) is 0 Å². The highest BCUT2D eigenvalue weighted by atomic mass is 16.5. The number of aromatic amines is 1. The SMILES string of the molecule is CCCC(O)COc1c(OC)ccc2cc(C(=O)NC(C)(C)C)c(=O)[nH]c12. The maximum absolute atomic E-state index is 12.5. The van der Waals surface area contributed by atoms with Gasteiger partial charge >= 0.3 is 0 Å². The van der Waals surface area contributed by atoms with Crippen LogP contribution in [0, 0.1) is 0 Å². The summed E-state index contributed by atoms with van der Waals surface area (Å²) >= 11 is 0. The molecule has 1 amide bonds. The van der Waals surface area contributed by atoms with E-state index >= 15 is 0 Å². The van der Waals surface area contributed by atoms with Crippen LogP contribution in [-0.2, 0) is 0 Å². The molecule has 1 aromatic carbocycles. The Kier molecular flexibility index (Phi) is 6.49. The summed E-state index contributed by atoms with van der Waals surface area (Å²) in [6.45, 7) is 7.59. The molecule has 7 nitrogen and oxygen atoms in total. The Balaban J connectivity index is 2.46. The number of nitrogens with one attached hydrogen (secondary N) is 2. The van der Waals surface area contributed by atoms with Crippen LogP contribution in [0.15, 0.2) is 23.0 Å². The summed E-state index contributed by atoms with van der Waals surface area (Å²) in [6, 6.07) is 4.98. The molecule has 1 unspecified atom stereocenters. The predicted octanol–water partition coefficient (Wildman–Crippen LogP) is 2.60. The van der Waals surface area contributed by atoms with Gasteiger partial charge in [0, 0.05) is 10.9 Å². The lowest BCUT2D eigenvalue weighted by molar-refractivity contribution is 0.0918. The van der Waals surface area contributed by atoms with E-state index in [0.29, 0.717) is 28.8 Å². The van der Waals surface area contributed by atoms with E-state index in [1.165, 1.54) is 13.2 Å². The summed E-state index contributed by atoms with van der Waals surface area (Å²) in [4.78, 5) is 27.6. The molecule has 0 bridgehead atoms. The number of carbonyl (C=O) groups excluding carboxylic acids is 1. The standard InChI is InChI=1S/C20H28N2O5/c1-6-7-13(23)11-27-17-15(26-5)9-8-12-10-14(18(24)21-16(12)17)19(25)22-20(2,3)4/h8-10,13,23H,6-7,11H2,1-5H3,(H,21,24)(H,22,25). The van der Waals surface area contributed by atoms with Crippen molar-refractivity contribution in [2.75, 3.05) is 13.7 Å². The maximum Gasteiger partial charge on any atom is 0.261 e. The van der Waals surface area contributed by atoms with Crippen LogP contribution in [0.25, 0.3) is 10.9 Å². The predicted molar refractivity (Wildman–Crippen MR) is 105 cm³/mol. The highest BCUT2D eigenvalue weighted by Gasteiger charge is 2.20. The van der Waals surface area contributed by atoms with Crippen LogP contribution >= 0.6 is 0 Å². The van der Waals surface area contributed by atoms with Crippen molar-refractivity contribution in [3.63, 3.8) is 0 Å². The van der Waals surface area contributed by atoms with Crippen molar-refractivity contribution in [2.45, 2.75) is 52.2 Å². The molecule has 0 radical (unpaired) electrons. The number of aliphatic hydroxyl groups excluding tert-OH is 1. The highest BCUT2D eigenvalue weighted by Crippen LogP contribution is 2.34. The van der Waals surface area contributed by atoms with Gasteiger partial charge in [-0.3, -0.25) is 9.59 Å². The molecule has 0 aliphatic rings. The zero-order chi connectivity index (χ0) is 20.2. The fourth-order valence-electron chi connectivity index (χ4n) is 2.71. The Bertz CT molecular complexity index is 867. The van der Waals surface area contributed by atoms with Gasteiger partial charge in [-0.15, -0.1) is 0 Å². The smallest absolute Gasteiger partial charge is 0.261 e. The minimum Gasteiger partial charge on any atom is -0.493 e. The molecule has 2 rings (SSSR count). The lowest BCUT2D eigenvalue weighted by atomic mass is 10.1. The zero-order valence-electron chi connectivity index (χ0n) is 16.5. The number of fused-ring (bicyclic) bond motifs is 1. The molecule has 1 atom stereocenters. The molecule has 148 valence electrons. The van der Waals surface area contributed by atoms with E-state index in [1.807, 2.05) is 27.7 Å². The zero-order valence-corrected chi connectivity index (χ0v) is 16.5. The lowest BCUT2D eigenvalue weighted by Crippen LogP contribution is -2.42. The second kappa shape index (κ2) is 8.43. The lowest BCUT2D eigenvalue weighted by Gasteiger charge is -2.20. The van der Waals surface area contributed by atoms with Crippen LogP contribution in [0.1, 0.15) is 50.9 Å². The molecule has 0 aliphatic carbocycles. The molecule has 1 aromatic heterocycles. The van der Waals surface area contributed by atoms with Gasteiger partial charge in [-0.2, -0.15) is 0 Å². The summed E-state index contributed by atoms with van der Waals surface area (Å²) in [5.41, 5.74) is -0.520. The van der Waals surface area contributed by atoms with Gasteiger partial charge in [0.2, 0.25) is 0 Å². The van der Waals surface area contributed by atoms with E-state index in [4.69, 9.17) is 9.47 Å². The first-order valence-corrected chi connectivity index (χ1v) is 9.03. The highest BCUT2D eigenvalue weighted by molar-refractivity contribution is 5.98. The van der Waals surface area contributed by atoms with E-state index in [9.17, 15) is 14.7 Å². The topological polar surface area (TPSA) is 101 Å². The fraction of sp³-hybridized carbons (Fsp3) is 0.500. The molecular formula is C20H28N2O5. The van der Waals surface area contributed by atoms with Gasteiger partial charge in [-0.1, -0.05) is 13.3 Å². The average molecular weight is 376 g/mol. The van der Waals surface area contributed by atoms with Gasteiger partial charge in [0.1, 0.15) is 12.2 Å². The first kappa shape index (κ1) is 20.8. The Morgan fingerprint density at radius 3 is 2.63 bits per heavy atom. The van der Waals surface area contributed by atoms with Crippen molar-refractivity contribution in [1.82, 2.24) is 10.3 Å². The van der Waals surface area contributed by atoms with Crippen LogP contribution in [0.2, 0.25) is 0 Å². The van der Waals surface area contributed by atoms with Gasteiger partial charge < -0.3 is 24.9 Å². The number of rotatable bonds is 7. The number of benzene rings is 1. The molecule has 2 aromatic rings. The maximum atomic E-state index is 12.5. The van der Waals surface area contributed by atoms with Crippen molar-refractivity contribution in [1.29, 1.82) is 0 Å². The number of hydrogen-bond donors (Lipinski definition) is 3. The van der Waals surface area contributed by atoms with E-state index in [-0.39, 0.29) is 12.2 Å². The van der Waals surface area contributed by atoms with E-state index in [0.717, 1.165) is 6.42 Å². The molecule has 27 heavy (non-hydrogen) atoms. The van der Waals surface area contributed by atoms with Gasteiger partial charge in [0.05, 0.1) is 18.7 Å². The molecule has 1 heterocycles. The number of methoxy groups -OCH3 is 1.